The van der Waals surface area contributed by atoms with E-state index in [0.29, 0.717) is 16.5 Å². The fourth-order valence-electron chi connectivity index (χ4n) is 3.69. The second-order valence-corrected chi connectivity index (χ2v) is 7.22. The lowest BCUT2D eigenvalue weighted by Gasteiger charge is -2.35. The van der Waals surface area contributed by atoms with Gasteiger partial charge >= 0.3 is 0 Å². The number of benzene rings is 1. The van der Waals surface area contributed by atoms with E-state index < -0.39 is 0 Å². The maximum Gasteiger partial charge on any atom is 0.226 e. The number of carbonyl (C=O) groups is 1. The molecule has 0 aromatic heterocycles. The van der Waals surface area contributed by atoms with Gasteiger partial charge in [0.15, 0.2) is 0 Å². The van der Waals surface area contributed by atoms with Crippen molar-refractivity contribution in [3.05, 3.63) is 33.8 Å². The van der Waals surface area contributed by atoms with Gasteiger partial charge in [-0.1, -0.05) is 42.1 Å². The van der Waals surface area contributed by atoms with Crippen molar-refractivity contribution in [2.24, 2.45) is 5.92 Å². The standard InChI is InChI=1S/C17H21Cl2NO2/c18-13-6-5-11(14(19)10-13)9-12-7-8-20(17(12)22)15-3-1-2-4-16(15)21/h5-6,10,12,15-16,21H,1-4,7-9H2. The molecule has 1 N–H and O–H groups in total. The number of halogens is 2. The topological polar surface area (TPSA) is 40.5 Å². The Morgan fingerprint density at radius 1 is 1.18 bits per heavy atom. The van der Waals surface area contributed by atoms with Gasteiger partial charge < -0.3 is 10.0 Å². The Labute approximate surface area is 141 Å². The molecule has 2 aliphatic rings. The molecule has 0 spiro atoms. The normalized spacial score (nSPS) is 29.1. The number of hydrogen-bond acceptors (Lipinski definition) is 2. The Morgan fingerprint density at radius 3 is 2.68 bits per heavy atom. The molecule has 3 atom stereocenters. The molecule has 3 rings (SSSR count). The summed E-state index contributed by atoms with van der Waals surface area (Å²) in [6.07, 6.45) is 5.00. The minimum Gasteiger partial charge on any atom is -0.391 e. The lowest BCUT2D eigenvalue weighted by molar-refractivity contribution is -0.136. The summed E-state index contributed by atoms with van der Waals surface area (Å²) in [4.78, 5) is 14.6. The van der Waals surface area contributed by atoms with Crippen molar-refractivity contribution in [3.63, 3.8) is 0 Å². The van der Waals surface area contributed by atoms with Gasteiger partial charge in [0.2, 0.25) is 5.91 Å². The molecular formula is C17H21Cl2NO2. The summed E-state index contributed by atoms with van der Waals surface area (Å²) in [6.45, 7) is 0.746. The van der Waals surface area contributed by atoms with Crippen molar-refractivity contribution in [3.8, 4) is 0 Å². The predicted octanol–water partition coefficient (Wildman–Crippen LogP) is 3.69. The molecule has 1 heterocycles. The van der Waals surface area contributed by atoms with E-state index in [2.05, 4.69) is 0 Å². The Bertz CT molecular complexity index is 564. The van der Waals surface area contributed by atoms with Crippen LogP contribution in [0.2, 0.25) is 10.0 Å². The van der Waals surface area contributed by atoms with Crippen LogP contribution in [0.5, 0.6) is 0 Å². The van der Waals surface area contributed by atoms with Crippen LogP contribution in [0, 0.1) is 5.92 Å². The van der Waals surface area contributed by atoms with Gasteiger partial charge in [0.1, 0.15) is 0 Å². The van der Waals surface area contributed by atoms with Crippen LogP contribution in [-0.4, -0.2) is 34.6 Å². The van der Waals surface area contributed by atoms with Crippen LogP contribution >= 0.6 is 23.2 Å². The second-order valence-electron chi connectivity index (χ2n) is 6.38. The summed E-state index contributed by atoms with van der Waals surface area (Å²) in [5, 5.41) is 11.4. The average Bonchev–Trinajstić information content (AvgIpc) is 2.84. The van der Waals surface area contributed by atoms with Crippen molar-refractivity contribution < 1.29 is 9.90 Å². The maximum absolute atomic E-state index is 12.7. The Kier molecular flexibility index (Phi) is 4.96. The average molecular weight is 342 g/mol. The Hall–Kier alpha value is -0.770. The van der Waals surface area contributed by atoms with Crippen LogP contribution < -0.4 is 0 Å². The SMILES string of the molecule is O=C1C(Cc2ccc(Cl)cc2Cl)CCN1C1CCCCC1O. The quantitative estimate of drug-likeness (QED) is 0.910. The van der Waals surface area contributed by atoms with E-state index >= 15 is 0 Å². The number of hydrogen-bond donors (Lipinski definition) is 1. The van der Waals surface area contributed by atoms with E-state index in [4.69, 9.17) is 23.2 Å². The smallest absolute Gasteiger partial charge is 0.226 e. The summed E-state index contributed by atoms with van der Waals surface area (Å²) in [5.41, 5.74) is 0.968. The van der Waals surface area contributed by atoms with Crippen molar-refractivity contribution >= 4 is 29.1 Å². The largest absolute Gasteiger partial charge is 0.391 e. The summed E-state index contributed by atoms with van der Waals surface area (Å²) < 4.78 is 0. The third kappa shape index (κ3) is 3.27. The monoisotopic (exact) mass is 341 g/mol. The molecule has 1 aromatic rings. The number of amides is 1. The van der Waals surface area contributed by atoms with Gasteiger partial charge in [-0.25, -0.2) is 0 Å². The minimum atomic E-state index is -0.365. The molecule has 2 fully saturated rings. The summed E-state index contributed by atoms with van der Waals surface area (Å²) in [5.74, 6) is 0.129. The lowest BCUT2D eigenvalue weighted by Crippen LogP contribution is -2.46. The summed E-state index contributed by atoms with van der Waals surface area (Å²) >= 11 is 12.1. The molecular weight excluding hydrogens is 321 g/mol. The zero-order valence-electron chi connectivity index (χ0n) is 12.5. The van der Waals surface area contributed by atoms with E-state index in [1.165, 1.54) is 0 Å². The fraction of sp³-hybridized carbons (Fsp3) is 0.588. The highest BCUT2D eigenvalue weighted by molar-refractivity contribution is 6.35. The molecule has 1 aliphatic carbocycles. The molecule has 3 unspecified atom stereocenters. The zero-order valence-corrected chi connectivity index (χ0v) is 14.0. The van der Waals surface area contributed by atoms with Gasteiger partial charge in [-0.2, -0.15) is 0 Å². The number of likely N-dealkylation sites (tertiary alicyclic amines) is 1. The first-order valence-electron chi connectivity index (χ1n) is 7.98. The Morgan fingerprint density at radius 2 is 1.95 bits per heavy atom. The van der Waals surface area contributed by atoms with Gasteiger partial charge in [-0.3, -0.25) is 4.79 Å². The molecule has 1 aromatic carbocycles. The lowest BCUT2D eigenvalue weighted by atomic mass is 9.91. The Balaban J connectivity index is 1.68. The first-order chi connectivity index (χ1) is 10.6. The maximum atomic E-state index is 12.7. The van der Waals surface area contributed by atoms with Crippen molar-refractivity contribution in [1.82, 2.24) is 4.90 Å². The van der Waals surface area contributed by atoms with Crippen LogP contribution in [0.3, 0.4) is 0 Å². The van der Waals surface area contributed by atoms with E-state index in [9.17, 15) is 9.90 Å². The van der Waals surface area contributed by atoms with Crippen LogP contribution in [0.1, 0.15) is 37.7 Å². The molecule has 1 aliphatic heterocycles. The van der Waals surface area contributed by atoms with Crippen molar-refractivity contribution in [2.75, 3.05) is 6.54 Å². The molecule has 3 nitrogen and oxygen atoms in total. The highest BCUT2D eigenvalue weighted by atomic mass is 35.5. The van der Waals surface area contributed by atoms with Crippen LogP contribution in [-0.2, 0) is 11.2 Å². The van der Waals surface area contributed by atoms with Crippen LogP contribution in [0.25, 0.3) is 0 Å². The zero-order chi connectivity index (χ0) is 15.7. The van der Waals surface area contributed by atoms with E-state index in [1.807, 2.05) is 17.0 Å². The van der Waals surface area contributed by atoms with E-state index in [-0.39, 0.29) is 24.0 Å². The predicted molar refractivity (Wildman–Crippen MR) is 88.2 cm³/mol. The van der Waals surface area contributed by atoms with Gasteiger partial charge in [-0.15, -0.1) is 0 Å². The van der Waals surface area contributed by atoms with E-state index in [0.717, 1.165) is 44.2 Å². The van der Waals surface area contributed by atoms with Gasteiger partial charge in [0, 0.05) is 22.5 Å². The van der Waals surface area contributed by atoms with Gasteiger partial charge in [0.05, 0.1) is 12.1 Å². The number of carbonyl (C=O) groups excluding carboxylic acids is 1. The third-order valence-electron chi connectivity index (χ3n) is 4.93. The third-order valence-corrected chi connectivity index (χ3v) is 5.51. The highest BCUT2D eigenvalue weighted by Gasteiger charge is 2.39. The molecule has 0 radical (unpaired) electrons. The fourth-order valence-corrected chi connectivity index (χ4v) is 4.18. The summed E-state index contributed by atoms with van der Waals surface area (Å²) in [6, 6.07) is 5.44. The molecule has 1 amide bonds. The molecule has 120 valence electrons. The number of nitrogens with zero attached hydrogens (tertiary/aromatic N) is 1. The number of aliphatic hydroxyl groups excluding tert-OH is 1. The molecule has 1 saturated carbocycles. The molecule has 5 heteroatoms. The van der Waals surface area contributed by atoms with Crippen LogP contribution in [0.15, 0.2) is 18.2 Å². The highest BCUT2D eigenvalue weighted by Crippen LogP contribution is 2.32. The molecule has 0 bridgehead atoms. The van der Waals surface area contributed by atoms with Gasteiger partial charge in [0.25, 0.3) is 0 Å². The number of aliphatic hydroxyl groups is 1. The van der Waals surface area contributed by atoms with Crippen molar-refractivity contribution in [2.45, 2.75) is 50.7 Å². The molecule has 1 saturated heterocycles. The van der Waals surface area contributed by atoms with Gasteiger partial charge in [-0.05, 0) is 43.4 Å². The number of rotatable bonds is 3. The van der Waals surface area contributed by atoms with Crippen molar-refractivity contribution in [1.29, 1.82) is 0 Å². The molecule has 22 heavy (non-hydrogen) atoms. The second kappa shape index (κ2) is 6.77. The van der Waals surface area contributed by atoms with Crippen LogP contribution in [0.4, 0.5) is 0 Å². The summed E-state index contributed by atoms with van der Waals surface area (Å²) in [7, 11) is 0. The first kappa shape index (κ1) is 16.1. The first-order valence-corrected chi connectivity index (χ1v) is 8.74. The minimum absolute atomic E-state index is 0.00643. The van der Waals surface area contributed by atoms with E-state index in [1.54, 1.807) is 6.07 Å².